The molecule has 0 aliphatic rings. The Bertz CT molecular complexity index is 1070. The van der Waals surface area contributed by atoms with Crippen LogP contribution in [0.2, 0.25) is 0 Å². The summed E-state index contributed by atoms with van der Waals surface area (Å²) in [6.45, 7) is 1.68. The maximum atomic E-state index is 12.1. The van der Waals surface area contributed by atoms with Crippen molar-refractivity contribution in [2.75, 3.05) is 0 Å². The van der Waals surface area contributed by atoms with Gasteiger partial charge in [0.2, 0.25) is 0 Å². The minimum atomic E-state index is -2.02. The van der Waals surface area contributed by atoms with Gasteiger partial charge in [-0.3, -0.25) is 4.79 Å². The predicted molar refractivity (Wildman–Crippen MR) is 130 cm³/mol. The van der Waals surface area contributed by atoms with Gasteiger partial charge < -0.3 is 12.4 Å². The lowest BCUT2D eigenvalue weighted by atomic mass is 10.1. The van der Waals surface area contributed by atoms with E-state index < -0.39 is 7.26 Å². The van der Waals surface area contributed by atoms with Gasteiger partial charge in [-0.1, -0.05) is 84.9 Å². The molecule has 0 unspecified atom stereocenters. The summed E-state index contributed by atoms with van der Waals surface area (Å²) in [7, 11) is -2.02. The van der Waals surface area contributed by atoms with Crippen LogP contribution in [0.3, 0.4) is 0 Å². The first-order chi connectivity index (χ1) is 14.7. The van der Waals surface area contributed by atoms with Crippen molar-refractivity contribution in [1.82, 2.24) is 0 Å². The highest BCUT2D eigenvalue weighted by Gasteiger charge is 2.46. The number of rotatable bonds is 7. The van der Waals surface area contributed by atoms with Gasteiger partial charge in [-0.15, -0.1) is 0 Å². The first kappa shape index (κ1) is 22.9. The van der Waals surface area contributed by atoms with E-state index in [0.29, 0.717) is 6.42 Å². The summed E-state index contributed by atoms with van der Waals surface area (Å²) in [6, 6.07) is 41.0. The molecule has 0 bridgehead atoms. The highest BCUT2D eigenvalue weighted by molar-refractivity contribution is 7.95. The van der Waals surface area contributed by atoms with Gasteiger partial charge in [0.05, 0.1) is 6.16 Å². The second kappa shape index (κ2) is 10.5. The fourth-order valence-corrected chi connectivity index (χ4v) is 8.71. The zero-order chi connectivity index (χ0) is 20.8. The molecule has 0 radical (unpaired) electrons. The molecule has 4 rings (SSSR count). The second-order valence-electron chi connectivity index (χ2n) is 7.63. The number of hydrogen-bond donors (Lipinski definition) is 0. The van der Waals surface area contributed by atoms with Gasteiger partial charge in [0, 0.05) is 12.0 Å². The molecule has 4 aromatic carbocycles. The monoisotopic (exact) mass is 444 g/mol. The van der Waals surface area contributed by atoms with Crippen LogP contribution in [0.25, 0.3) is 0 Å². The van der Waals surface area contributed by atoms with Crippen molar-refractivity contribution in [2.24, 2.45) is 0 Å². The van der Waals surface area contributed by atoms with Crippen LogP contribution in [0.15, 0.2) is 115 Å². The van der Waals surface area contributed by atoms with Gasteiger partial charge in [-0.05, 0) is 42.8 Å². The van der Waals surface area contributed by atoms with E-state index in [2.05, 4.69) is 115 Å². The Hall–Kier alpha value is -2.73. The molecule has 0 N–H and O–H groups in total. The maximum Gasteiger partial charge on any atom is 0.134 e. The minimum Gasteiger partial charge on any atom is -1.00 e. The SMILES string of the molecule is CC(=O)Cc1ccccc1[P+](Cc1ccccc1)(c1ccccc1)c1ccccc1.[Cl-]. The minimum absolute atomic E-state index is 0. The summed E-state index contributed by atoms with van der Waals surface area (Å²) < 4.78 is 0. The standard InChI is InChI=1S/C28H26OP.ClH/c1-23(29)21-25-15-11-12-20-28(25)30(26-16-7-3-8-17-26,27-18-9-4-10-19-27)22-24-13-5-2-6-14-24;/h2-20H,21-22H2,1H3;1H/q+1;/p-1. The quantitative estimate of drug-likeness (QED) is 0.400. The first-order valence-corrected chi connectivity index (χ1v) is 12.3. The van der Waals surface area contributed by atoms with Gasteiger partial charge in [-0.2, -0.15) is 0 Å². The number of carbonyl (C=O) groups excluding carboxylic acids is 1. The molecule has 0 fully saturated rings. The summed E-state index contributed by atoms with van der Waals surface area (Å²) in [5.41, 5.74) is 2.46. The first-order valence-electron chi connectivity index (χ1n) is 10.3. The Kier molecular flexibility index (Phi) is 7.80. The molecule has 0 saturated heterocycles. The van der Waals surface area contributed by atoms with Crippen LogP contribution in [0, 0.1) is 0 Å². The molecule has 1 nitrogen and oxygen atoms in total. The molecule has 0 atom stereocenters. The summed E-state index contributed by atoms with van der Waals surface area (Å²) in [4.78, 5) is 12.1. The number of Topliss-reactive ketones (excluding diaryl/α,β-unsaturated/α-hetero) is 1. The lowest BCUT2D eigenvalue weighted by molar-refractivity contribution is -0.116. The largest absolute Gasteiger partial charge is 1.00 e. The summed E-state index contributed by atoms with van der Waals surface area (Å²) >= 11 is 0. The van der Waals surface area contributed by atoms with Crippen LogP contribution < -0.4 is 28.3 Å². The highest BCUT2D eigenvalue weighted by atomic mass is 35.5. The second-order valence-corrected chi connectivity index (χ2v) is 11.1. The van der Waals surface area contributed by atoms with Gasteiger partial charge in [-0.25, -0.2) is 0 Å². The van der Waals surface area contributed by atoms with E-state index in [4.69, 9.17) is 0 Å². The Labute approximate surface area is 191 Å². The fourth-order valence-electron chi connectivity index (χ4n) is 4.22. The van der Waals surface area contributed by atoms with Crippen molar-refractivity contribution in [2.45, 2.75) is 19.5 Å². The predicted octanol–water partition coefficient (Wildman–Crippen LogP) is 2.32. The zero-order valence-corrected chi connectivity index (χ0v) is 19.3. The third kappa shape index (κ3) is 4.96. The van der Waals surface area contributed by atoms with Crippen molar-refractivity contribution in [3.05, 3.63) is 126 Å². The van der Waals surface area contributed by atoms with Crippen molar-refractivity contribution in [3.8, 4) is 0 Å². The molecule has 0 aromatic heterocycles. The highest BCUT2D eigenvalue weighted by Crippen LogP contribution is 2.58. The molecule has 156 valence electrons. The zero-order valence-electron chi connectivity index (χ0n) is 17.6. The lowest BCUT2D eigenvalue weighted by Gasteiger charge is -2.29. The molecule has 0 aliphatic heterocycles. The average Bonchev–Trinajstić information content (AvgIpc) is 2.79. The molecule has 0 spiro atoms. The Balaban J connectivity index is 0.00000272. The number of hydrogen-bond acceptors (Lipinski definition) is 1. The third-order valence-corrected chi connectivity index (χ3v) is 9.96. The van der Waals surface area contributed by atoms with Gasteiger partial charge in [0.1, 0.15) is 29.0 Å². The number of halogens is 1. The van der Waals surface area contributed by atoms with Gasteiger partial charge >= 0.3 is 0 Å². The molecule has 4 aromatic rings. The van der Waals surface area contributed by atoms with Crippen LogP contribution in [0.5, 0.6) is 0 Å². The maximum absolute atomic E-state index is 12.1. The van der Waals surface area contributed by atoms with E-state index in [1.165, 1.54) is 21.5 Å². The topological polar surface area (TPSA) is 17.1 Å². The van der Waals surface area contributed by atoms with Gasteiger partial charge in [0.15, 0.2) is 0 Å². The lowest BCUT2D eigenvalue weighted by Crippen LogP contribution is -3.00. The van der Waals surface area contributed by atoms with E-state index in [9.17, 15) is 4.79 Å². The van der Waals surface area contributed by atoms with Crippen molar-refractivity contribution in [1.29, 1.82) is 0 Å². The van der Waals surface area contributed by atoms with Crippen molar-refractivity contribution in [3.63, 3.8) is 0 Å². The van der Waals surface area contributed by atoms with E-state index >= 15 is 0 Å². The van der Waals surface area contributed by atoms with Crippen molar-refractivity contribution < 1.29 is 17.2 Å². The van der Waals surface area contributed by atoms with Crippen LogP contribution in [0.4, 0.5) is 0 Å². The van der Waals surface area contributed by atoms with E-state index in [1.54, 1.807) is 6.92 Å². The molecular formula is C28H26ClOP. The number of carbonyl (C=O) groups is 1. The van der Waals surface area contributed by atoms with Crippen LogP contribution in [0.1, 0.15) is 18.1 Å². The van der Waals surface area contributed by atoms with Crippen LogP contribution in [-0.4, -0.2) is 5.78 Å². The number of ketones is 1. The molecule has 31 heavy (non-hydrogen) atoms. The molecule has 0 saturated carbocycles. The molecule has 0 aliphatic carbocycles. The molecule has 3 heteroatoms. The van der Waals surface area contributed by atoms with Gasteiger partial charge in [0.25, 0.3) is 0 Å². The van der Waals surface area contributed by atoms with E-state index in [-0.39, 0.29) is 18.2 Å². The normalized spacial score (nSPS) is 10.9. The Morgan fingerprint density at radius 3 is 1.61 bits per heavy atom. The fraction of sp³-hybridized carbons (Fsp3) is 0.107. The smallest absolute Gasteiger partial charge is 0.134 e. The van der Waals surface area contributed by atoms with E-state index in [0.717, 1.165) is 11.7 Å². The molecule has 0 heterocycles. The van der Waals surface area contributed by atoms with Crippen LogP contribution in [-0.2, 0) is 17.4 Å². The summed E-state index contributed by atoms with van der Waals surface area (Å²) in [5.74, 6) is 0.196. The number of benzene rings is 4. The molecular weight excluding hydrogens is 419 g/mol. The summed E-state index contributed by atoms with van der Waals surface area (Å²) in [5, 5.41) is 3.99. The van der Waals surface area contributed by atoms with Crippen LogP contribution >= 0.6 is 7.26 Å². The van der Waals surface area contributed by atoms with E-state index in [1.807, 2.05) is 0 Å². The third-order valence-electron chi connectivity index (χ3n) is 5.50. The molecule has 0 amide bonds. The summed E-state index contributed by atoms with van der Waals surface area (Å²) in [6.07, 6.45) is 1.39. The Morgan fingerprint density at radius 2 is 1.10 bits per heavy atom. The van der Waals surface area contributed by atoms with Crippen molar-refractivity contribution >= 4 is 29.0 Å². The average molecular weight is 445 g/mol. The Morgan fingerprint density at radius 1 is 0.645 bits per heavy atom.